The van der Waals surface area contributed by atoms with E-state index in [0.29, 0.717) is 22.7 Å². The summed E-state index contributed by atoms with van der Waals surface area (Å²) in [5.41, 5.74) is 6.98. The molecule has 4 heteroatoms. The molecule has 0 heterocycles. The fourth-order valence-electron chi connectivity index (χ4n) is 1.34. The van der Waals surface area contributed by atoms with Crippen molar-refractivity contribution in [3.63, 3.8) is 0 Å². The van der Waals surface area contributed by atoms with Gasteiger partial charge in [0.15, 0.2) is 0 Å². The normalized spacial score (nSPS) is 9.65. The van der Waals surface area contributed by atoms with E-state index >= 15 is 0 Å². The van der Waals surface area contributed by atoms with Crippen molar-refractivity contribution < 1.29 is 4.74 Å². The van der Waals surface area contributed by atoms with E-state index < -0.39 is 0 Å². The maximum absolute atomic E-state index is 8.68. The first-order valence-corrected chi connectivity index (χ1v) is 5.71. The first-order chi connectivity index (χ1) is 8.19. The molecule has 0 amide bonds. The number of benzene rings is 2. The van der Waals surface area contributed by atoms with Gasteiger partial charge in [-0.15, -0.1) is 0 Å². The van der Waals surface area contributed by atoms with Gasteiger partial charge in [0.2, 0.25) is 0 Å². The second-order valence-corrected chi connectivity index (χ2v) is 4.34. The average Bonchev–Trinajstić information content (AvgIpc) is 2.34. The van der Waals surface area contributed by atoms with Crippen molar-refractivity contribution in [1.29, 1.82) is 5.26 Å². The smallest absolute Gasteiger partial charge is 0.150 e. The SMILES string of the molecule is N#Cc1ccc(Oc2ccc(Br)cc2N)cc1. The lowest BCUT2D eigenvalue weighted by Crippen LogP contribution is -1.91. The third-order valence-corrected chi connectivity index (χ3v) is 2.68. The zero-order valence-corrected chi connectivity index (χ0v) is 10.4. The van der Waals surface area contributed by atoms with Gasteiger partial charge < -0.3 is 10.5 Å². The number of nitriles is 1. The van der Waals surface area contributed by atoms with Gasteiger partial charge in [-0.05, 0) is 42.5 Å². The summed E-state index contributed by atoms with van der Waals surface area (Å²) in [6.45, 7) is 0. The lowest BCUT2D eigenvalue weighted by molar-refractivity contribution is 0.485. The highest BCUT2D eigenvalue weighted by atomic mass is 79.9. The third kappa shape index (κ3) is 2.77. The maximum atomic E-state index is 8.68. The largest absolute Gasteiger partial charge is 0.455 e. The molecule has 0 atom stereocenters. The Balaban J connectivity index is 2.23. The van der Waals surface area contributed by atoms with Gasteiger partial charge in [-0.2, -0.15) is 5.26 Å². The Hall–Kier alpha value is -1.99. The lowest BCUT2D eigenvalue weighted by atomic mass is 10.2. The number of ether oxygens (including phenoxy) is 1. The zero-order chi connectivity index (χ0) is 12.3. The van der Waals surface area contributed by atoms with Gasteiger partial charge >= 0.3 is 0 Å². The molecule has 2 N–H and O–H groups in total. The minimum Gasteiger partial charge on any atom is -0.455 e. The summed E-state index contributed by atoms with van der Waals surface area (Å²) in [6.07, 6.45) is 0. The Morgan fingerprint density at radius 1 is 1.12 bits per heavy atom. The molecule has 84 valence electrons. The van der Waals surface area contributed by atoms with Crippen molar-refractivity contribution >= 4 is 21.6 Å². The Morgan fingerprint density at radius 2 is 1.82 bits per heavy atom. The summed E-state index contributed by atoms with van der Waals surface area (Å²) >= 11 is 3.33. The summed E-state index contributed by atoms with van der Waals surface area (Å²) in [4.78, 5) is 0. The molecule has 0 bridgehead atoms. The molecule has 3 nitrogen and oxygen atoms in total. The number of rotatable bonds is 2. The quantitative estimate of drug-likeness (QED) is 0.858. The van der Waals surface area contributed by atoms with Gasteiger partial charge in [0.1, 0.15) is 11.5 Å². The minimum atomic E-state index is 0.559. The Morgan fingerprint density at radius 3 is 2.41 bits per heavy atom. The fourth-order valence-corrected chi connectivity index (χ4v) is 1.72. The van der Waals surface area contributed by atoms with E-state index in [0.717, 1.165) is 4.47 Å². The molecule has 0 spiro atoms. The molecule has 2 aromatic rings. The summed E-state index contributed by atoms with van der Waals surface area (Å²) in [5.74, 6) is 1.25. The van der Waals surface area contributed by atoms with Crippen LogP contribution in [-0.4, -0.2) is 0 Å². The molecule has 0 fully saturated rings. The molecule has 0 saturated heterocycles. The summed E-state index contributed by atoms with van der Waals surface area (Å²) in [7, 11) is 0. The topological polar surface area (TPSA) is 59.0 Å². The fraction of sp³-hybridized carbons (Fsp3) is 0. The van der Waals surface area contributed by atoms with Crippen molar-refractivity contribution in [1.82, 2.24) is 0 Å². The monoisotopic (exact) mass is 288 g/mol. The highest BCUT2D eigenvalue weighted by Crippen LogP contribution is 2.29. The van der Waals surface area contributed by atoms with E-state index in [1.54, 1.807) is 36.4 Å². The summed E-state index contributed by atoms with van der Waals surface area (Å²) in [5, 5.41) is 8.68. The number of nitrogens with two attached hydrogens (primary N) is 1. The van der Waals surface area contributed by atoms with Crippen molar-refractivity contribution in [3.8, 4) is 17.6 Å². The molecule has 17 heavy (non-hydrogen) atoms. The molecule has 2 rings (SSSR count). The number of hydrogen-bond acceptors (Lipinski definition) is 3. The van der Waals surface area contributed by atoms with Gasteiger partial charge in [0.05, 0.1) is 17.3 Å². The molecule has 0 radical (unpaired) electrons. The number of nitrogens with zero attached hydrogens (tertiary/aromatic N) is 1. The van der Waals surface area contributed by atoms with E-state index in [2.05, 4.69) is 22.0 Å². The van der Waals surface area contributed by atoms with Crippen LogP contribution < -0.4 is 10.5 Å². The van der Waals surface area contributed by atoms with Gasteiger partial charge in [0.25, 0.3) is 0 Å². The molecule has 0 unspecified atom stereocenters. The zero-order valence-electron chi connectivity index (χ0n) is 8.85. The number of nitrogen functional groups attached to an aromatic ring is 1. The lowest BCUT2D eigenvalue weighted by Gasteiger charge is -2.08. The van der Waals surface area contributed by atoms with Crippen molar-refractivity contribution in [2.75, 3.05) is 5.73 Å². The molecule has 0 aliphatic rings. The van der Waals surface area contributed by atoms with E-state index in [-0.39, 0.29) is 0 Å². The Labute approximate surface area is 108 Å². The minimum absolute atomic E-state index is 0.559. The second kappa shape index (κ2) is 4.89. The summed E-state index contributed by atoms with van der Waals surface area (Å²) in [6, 6.07) is 14.3. The molecule has 0 saturated carbocycles. The van der Waals surface area contributed by atoms with Crippen LogP contribution in [0.2, 0.25) is 0 Å². The Kier molecular flexibility index (Phi) is 3.31. The predicted molar refractivity (Wildman–Crippen MR) is 69.8 cm³/mol. The van der Waals surface area contributed by atoms with Crippen LogP contribution in [0.5, 0.6) is 11.5 Å². The first kappa shape index (κ1) is 11.5. The molecule has 0 aromatic heterocycles. The van der Waals surface area contributed by atoms with Crippen molar-refractivity contribution in [2.45, 2.75) is 0 Å². The average molecular weight is 289 g/mol. The molecule has 2 aromatic carbocycles. The number of halogens is 1. The van der Waals surface area contributed by atoms with Gasteiger partial charge in [-0.3, -0.25) is 0 Å². The van der Waals surface area contributed by atoms with E-state index in [9.17, 15) is 0 Å². The van der Waals surface area contributed by atoms with E-state index in [1.165, 1.54) is 0 Å². The van der Waals surface area contributed by atoms with Crippen LogP contribution in [0.25, 0.3) is 0 Å². The van der Waals surface area contributed by atoms with Crippen LogP contribution in [0.4, 0.5) is 5.69 Å². The van der Waals surface area contributed by atoms with Crippen LogP contribution in [-0.2, 0) is 0 Å². The van der Waals surface area contributed by atoms with Crippen LogP contribution in [0.1, 0.15) is 5.56 Å². The summed E-state index contributed by atoms with van der Waals surface area (Å²) < 4.78 is 6.51. The van der Waals surface area contributed by atoms with Gasteiger partial charge in [-0.25, -0.2) is 0 Å². The highest BCUT2D eigenvalue weighted by molar-refractivity contribution is 9.10. The van der Waals surface area contributed by atoms with Crippen molar-refractivity contribution in [3.05, 3.63) is 52.5 Å². The Bertz CT molecular complexity index is 573. The molecule has 0 aliphatic heterocycles. The van der Waals surface area contributed by atoms with Gasteiger partial charge in [-0.1, -0.05) is 15.9 Å². The van der Waals surface area contributed by atoms with Crippen LogP contribution >= 0.6 is 15.9 Å². The first-order valence-electron chi connectivity index (χ1n) is 4.92. The van der Waals surface area contributed by atoms with Crippen LogP contribution in [0.15, 0.2) is 46.9 Å². The van der Waals surface area contributed by atoms with Gasteiger partial charge in [0, 0.05) is 4.47 Å². The number of hydrogen-bond donors (Lipinski definition) is 1. The van der Waals surface area contributed by atoms with E-state index in [4.69, 9.17) is 15.7 Å². The van der Waals surface area contributed by atoms with E-state index in [1.807, 2.05) is 6.07 Å². The standard InChI is InChI=1S/C13H9BrN2O/c14-10-3-6-13(12(16)7-10)17-11-4-1-9(8-15)2-5-11/h1-7H,16H2. The van der Waals surface area contributed by atoms with Crippen LogP contribution in [0, 0.1) is 11.3 Å². The molecular weight excluding hydrogens is 280 g/mol. The number of anilines is 1. The highest BCUT2D eigenvalue weighted by Gasteiger charge is 2.02. The molecular formula is C13H9BrN2O. The third-order valence-electron chi connectivity index (χ3n) is 2.18. The second-order valence-electron chi connectivity index (χ2n) is 3.42. The molecule has 0 aliphatic carbocycles. The predicted octanol–water partition coefficient (Wildman–Crippen LogP) is 3.70. The maximum Gasteiger partial charge on any atom is 0.150 e. The van der Waals surface area contributed by atoms with Crippen molar-refractivity contribution in [2.24, 2.45) is 0 Å². The van der Waals surface area contributed by atoms with Crippen LogP contribution in [0.3, 0.4) is 0 Å².